The summed E-state index contributed by atoms with van der Waals surface area (Å²) in [5, 5.41) is 3.08. The van der Waals surface area contributed by atoms with Crippen molar-refractivity contribution in [1.82, 2.24) is 5.32 Å². The molecule has 2 aromatic carbocycles. The maximum absolute atomic E-state index is 13.1. The summed E-state index contributed by atoms with van der Waals surface area (Å²) < 4.78 is 52.0. The van der Waals surface area contributed by atoms with Gasteiger partial charge in [-0.2, -0.15) is 13.2 Å². The molecule has 0 radical (unpaired) electrons. The molecule has 0 spiro atoms. The highest BCUT2D eigenvalue weighted by molar-refractivity contribution is 6.31. The number of halogens is 5. The Balaban J connectivity index is 1.66. The van der Waals surface area contributed by atoms with E-state index < -0.39 is 17.6 Å². The van der Waals surface area contributed by atoms with E-state index in [1.807, 2.05) is 12.1 Å². The SMILES string of the molecule is O=C(NCc1ccc(F)cc1C(F)(F)F)C1CC1c1ccccc1Cl. The molecule has 132 valence electrons. The first-order valence-electron chi connectivity index (χ1n) is 7.65. The van der Waals surface area contributed by atoms with Crippen LogP contribution in [-0.2, 0) is 17.5 Å². The Morgan fingerprint density at radius 1 is 1.20 bits per heavy atom. The average Bonchev–Trinajstić information content (AvgIpc) is 3.33. The van der Waals surface area contributed by atoms with Gasteiger partial charge in [0, 0.05) is 17.5 Å². The third-order valence-electron chi connectivity index (χ3n) is 4.26. The molecule has 2 unspecified atom stereocenters. The Morgan fingerprint density at radius 3 is 2.60 bits per heavy atom. The summed E-state index contributed by atoms with van der Waals surface area (Å²) in [5.74, 6) is -1.63. The molecule has 1 amide bonds. The molecule has 1 N–H and O–H groups in total. The molecule has 1 aliphatic rings. The predicted octanol–water partition coefficient (Wildman–Crippen LogP) is 4.92. The van der Waals surface area contributed by atoms with Crippen LogP contribution in [-0.4, -0.2) is 5.91 Å². The van der Waals surface area contributed by atoms with E-state index in [1.54, 1.807) is 12.1 Å². The van der Waals surface area contributed by atoms with Gasteiger partial charge >= 0.3 is 6.18 Å². The van der Waals surface area contributed by atoms with Crippen molar-refractivity contribution in [2.75, 3.05) is 0 Å². The number of carbonyl (C=O) groups excluding carboxylic acids is 1. The first kappa shape index (κ1) is 17.7. The van der Waals surface area contributed by atoms with Gasteiger partial charge in [-0.1, -0.05) is 35.9 Å². The number of rotatable bonds is 4. The number of alkyl halides is 3. The topological polar surface area (TPSA) is 29.1 Å². The molecule has 0 bridgehead atoms. The second-order valence-electron chi connectivity index (χ2n) is 5.99. The van der Waals surface area contributed by atoms with Crippen molar-refractivity contribution in [3.63, 3.8) is 0 Å². The molecular formula is C18H14ClF4NO. The van der Waals surface area contributed by atoms with Crippen LogP contribution in [0.15, 0.2) is 42.5 Å². The molecular weight excluding hydrogens is 358 g/mol. The summed E-state index contributed by atoms with van der Waals surface area (Å²) in [6.07, 6.45) is -4.08. The van der Waals surface area contributed by atoms with E-state index in [2.05, 4.69) is 5.32 Å². The zero-order valence-corrected chi connectivity index (χ0v) is 13.7. The first-order valence-corrected chi connectivity index (χ1v) is 8.03. The Labute approximate surface area is 146 Å². The summed E-state index contributed by atoms with van der Waals surface area (Å²) in [6.45, 7) is -0.306. The van der Waals surface area contributed by atoms with Gasteiger partial charge in [-0.25, -0.2) is 4.39 Å². The Hall–Kier alpha value is -2.08. The fraction of sp³-hybridized carbons (Fsp3) is 0.278. The van der Waals surface area contributed by atoms with Gasteiger partial charge < -0.3 is 5.32 Å². The minimum atomic E-state index is -4.68. The molecule has 0 aliphatic heterocycles. The summed E-state index contributed by atoms with van der Waals surface area (Å²) >= 11 is 6.10. The predicted molar refractivity (Wildman–Crippen MR) is 85.5 cm³/mol. The first-order chi connectivity index (χ1) is 11.8. The van der Waals surface area contributed by atoms with Crippen molar-refractivity contribution in [3.8, 4) is 0 Å². The van der Waals surface area contributed by atoms with Crippen molar-refractivity contribution in [3.05, 3.63) is 70.0 Å². The molecule has 1 saturated carbocycles. The standard InChI is InChI=1S/C18H14ClF4NO/c19-16-4-2-1-3-12(16)13-8-14(13)17(25)24-9-10-5-6-11(20)7-15(10)18(21,22)23/h1-7,13-14H,8-9H2,(H,24,25). The minimum absolute atomic E-state index is 0.0241. The molecule has 25 heavy (non-hydrogen) atoms. The third kappa shape index (κ3) is 3.95. The second kappa shape index (κ2) is 6.67. The normalized spacial score (nSPS) is 19.6. The molecule has 1 aliphatic carbocycles. The zero-order valence-electron chi connectivity index (χ0n) is 12.9. The van der Waals surface area contributed by atoms with E-state index in [9.17, 15) is 22.4 Å². The van der Waals surface area contributed by atoms with Gasteiger partial charge in [-0.3, -0.25) is 4.79 Å². The Bertz CT molecular complexity index is 806. The van der Waals surface area contributed by atoms with Crippen molar-refractivity contribution in [1.29, 1.82) is 0 Å². The summed E-state index contributed by atoms with van der Waals surface area (Å²) in [4.78, 5) is 12.2. The maximum Gasteiger partial charge on any atom is 0.416 e. The molecule has 2 aromatic rings. The van der Waals surface area contributed by atoms with Crippen LogP contribution < -0.4 is 5.32 Å². The van der Waals surface area contributed by atoms with Gasteiger partial charge in [-0.05, 0) is 41.7 Å². The van der Waals surface area contributed by atoms with Crippen molar-refractivity contribution in [2.45, 2.75) is 25.1 Å². The Kier molecular flexibility index (Phi) is 4.73. The van der Waals surface area contributed by atoms with Crippen LogP contribution in [0.1, 0.15) is 29.0 Å². The second-order valence-corrected chi connectivity index (χ2v) is 6.39. The lowest BCUT2D eigenvalue weighted by atomic mass is 10.1. The lowest BCUT2D eigenvalue weighted by Crippen LogP contribution is -2.26. The lowest BCUT2D eigenvalue weighted by molar-refractivity contribution is -0.138. The molecule has 2 atom stereocenters. The van der Waals surface area contributed by atoms with Crippen LogP contribution in [0.4, 0.5) is 17.6 Å². The van der Waals surface area contributed by atoms with E-state index in [0.717, 1.165) is 17.7 Å². The van der Waals surface area contributed by atoms with Crippen LogP contribution >= 0.6 is 11.6 Å². The highest BCUT2D eigenvalue weighted by Crippen LogP contribution is 2.49. The molecule has 0 aromatic heterocycles. The number of carbonyl (C=O) groups is 1. The number of hydrogen-bond acceptors (Lipinski definition) is 1. The van der Waals surface area contributed by atoms with Gasteiger partial charge in [0.25, 0.3) is 0 Å². The quantitative estimate of drug-likeness (QED) is 0.759. The molecule has 3 rings (SSSR count). The fourth-order valence-corrected chi connectivity index (χ4v) is 3.16. The van der Waals surface area contributed by atoms with Gasteiger partial charge in [0.15, 0.2) is 0 Å². The van der Waals surface area contributed by atoms with E-state index in [-0.39, 0.29) is 29.9 Å². The van der Waals surface area contributed by atoms with E-state index in [0.29, 0.717) is 17.5 Å². The summed E-state index contributed by atoms with van der Waals surface area (Å²) in [5.41, 5.74) is -0.384. The van der Waals surface area contributed by atoms with Gasteiger partial charge in [0.05, 0.1) is 5.56 Å². The third-order valence-corrected chi connectivity index (χ3v) is 4.61. The van der Waals surface area contributed by atoms with Crippen LogP contribution in [0.25, 0.3) is 0 Å². The highest BCUT2D eigenvalue weighted by Gasteiger charge is 2.44. The van der Waals surface area contributed by atoms with Crippen LogP contribution in [0, 0.1) is 11.7 Å². The van der Waals surface area contributed by atoms with E-state index >= 15 is 0 Å². The maximum atomic E-state index is 13.1. The molecule has 1 fully saturated rings. The fourth-order valence-electron chi connectivity index (χ4n) is 2.88. The number of amides is 1. The van der Waals surface area contributed by atoms with Crippen molar-refractivity contribution < 1.29 is 22.4 Å². The minimum Gasteiger partial charge on any atom is -0.352 e. The van der Waals surface area contributed by atoms with Crippen LogP contribution in [0.2, 0.25) is 5.02 Å². The van der Waals surface area contributed by atoms with Crippen molar-refractivity contribution >= 4 is 17.5 Å². The number of hydrogen-bond donors (Lipinski definition) is 1. The van der Waals surface area contributed by atoms with Crippen LogP contribution in [0.5, 0.6) is 0 Å². The number of nitrogens with one attached hydrogen (secondary N) is 1. The summed E-state index contributed by atoms with van der Waals surface area (Å²) in [6, 6.07) is 9.60. The van der Waals surface area contributed by atoms with E-state index in [1.165, 1.54) is 0 Å². The average molecular weight is 372 g/mol. The zero-order chi connectivity index (χ0) is 18.2. The molecule has 7 heteroatoms. The molecule has 2 nitrogen and oxygen atoms in total. The lowest BCUT2D eigenvalue weighted by Gasteiger charge is -2.13. The van der Waals surface area contributed by atoms with Crippen LogP contribution in [0.3, 0.4) is 0 Å². The van der Waals surface area contributed by atoms with E-state index in [4.69, 9.17) is 11.6 Å². The van der Waals surface area contributed by atoms with Crippen molar-refractivity contribution in [2.24, 2.45) is 5.92 Å². The van der Waals surface area contributed by atoms with Gasteiger partial charge in [0.2, 0.25) is 5.91 Å². The van der Waals surface area contributed by atoms with Gasteiger partial charge in [0.1, 0.15) is 5.82 Å². The summed E-state index contributed by atoms with van der Waals surface area (Å²) in [7, 11) is 0. The monoisotopic (exact) mass is 371 g/mol. The van der Waals surface area contributed by atoms with Gasteiger partial charge in [-0.15, -0.1) is 0 Å². The number of benzene rings is 2. The Morgan fingerprint density at radius 2 is 1.92 bits per heavy atom. The highest BCUT2D eigenvalue weighted by atomic mass is 35.5. The molecule has 0 saturated heterocycles. The molecule has 0 heterocycles. The smallest absolute Gasteiger partial charge is 0.352 e. The largest absolute Gasteiger partial charge is 0.416 e.